The number of fused-ring (bicyclic) bond motifs is 1. The second-order valence-electron chi connectivity index (χ2n) is 8.21. The number of ketones is 1. The molecule has 1 aliphatic rings. The van der Waals surface area contributed by atoms with Crippen molar-refractivity contribution >= 4 is 27.2 Å². The van der Waals surface area contributed by atoms with Gasteiger partial charge in [-0.2, -0.15) is 0 Å². The Bertz CT molecular complexity index is 687. The molecule has 2 nitrogen and oxygen atoms in total. The largest absolute Gasteiger partial charge is 0.388 e. The summed E-state index contributed by atoms with van der Waals surface area (Å²) >= 11 is 1.68. The highest BCUT2D eigenvalue weighted by atomic mass is 32.1. The van der Waals surface area contributed by atoms with Crippen molar-refractivity contribution in [2.75, 3.05) is 0 Å². The van der Waals surface area contributed by atoms with Gasteiger partial charge < -0.3 is 5.11 Å². The summed E-state index contributed by atoms with van der Waals surface area (Å²) in [7, 11) is 0. The number of unbranched alkanes of at least 4 members (excludes halogenated alkanes) is 5. The van der Waals surface area contributed by atoms with Crippen LogP contribution in [0.15, 0.2) is 30.3 Å². The van der Waals surface area contributed by atoms with E-state index in [9.17, 15) is 9.90 Å². The van der Waals surface area contributed by atoms with Crippen molar-refractivity contribution in [2.45, 2.75) is 83.7 Å². The minimum atomic E-state index is -0.439. The Kier molecular flexibility index (Phi) is 7.90. The summed E-state index contributed by atoms with van der Waals surface area (Å²) in [6, 6.07) is 10.4. The molecule has 1 N–H and O–H groups in total. The Morgan fingerprint density at radius 3 is 2.70 bits per heavy atom. The lowest BCUT2D eigenvalue weighted by molar-refractivity contribution is -0.121. The number of Topliss-reactive ketones (excluding diaryl/α,β-unsaturated/α-hetero) is 1. The van der Waals surface area contributed by atoms with Crippen LogP contribution in [0.5, 0.6) is 0 Å². The fraction of sp³-hybridized carbons (Fsp3) is 0.625. The molecule has 3 atom stereocenters. The maximum absolute atomic E-state index is 12.4. The molecule has 2 aromatic rings. The number of carbonyl (C=O) groups excluding carboxylic acids is 1. The average Bonchev–Trinajstić information content (AvgIpc) is 3.26. The molecule has 0 amide bonds. The van der Waals surface area contributed by atoms with Crippen LogP contribution in [0.25, 0.3) is 10.1 Å². The van der Waals surface area contributed by atoms with Gasteiger partial charge in [0.15, 0.2) is 0 Å². The first-order valence-corrected chi connectivity index (χ1v) is 11.7. The quantitative estimate of drug-likeness (QED) is 0.420. The maximum Gasteiger partial charge on any atom is 0.136 e. The number of benzene rings is 1. The van der Waals surface area contributed by atoms with Crippen LogP contribution in [0.4, 0.5) is 0 Å². The molecule has 3 unspecified atom stereocenters. The van der Waals surface area contributed by atoms with E-state index in [0.29, 0.717) is 18.1 Å². The molecular weight excluding hydrogens is 352 g/mol. The van der Waals surface area contributed by atoms with Gasteiger partial charge >= 0.3 is 0 Å². The Balaban J connectivity index is 1.46. The summed E-state index contributed by atoms with van der Waals surface area (Å²) < 4.78 is 1.23. The van der Waals surface area contributed by atoms with E-state index in [1.54, 1.807) is 11.3 Å². The minimum absolute atomic E-state index is 0.185. The van der Waals surface area contributed by atoms with Crippen molar-refractivity contribution in [3.8, 4) is 0 Å². The standard InChI is InChI=1S/C24H34O2S/c1-2-3-4-5-6-7-10-18-13-15-21(25)20(18)14-16-22(26)24-17-19-11-8-9-12-23(19)27-24/h8-9,11-12,17-18,20,22,26H,2-7,10,13-16H2,1H3. The summed E-state index contributed by atoms with van der Waals surface area (Å²) in [4.78, 5) is 13.4. The number of aliphatic hydroxyl groups excluding tert-OH is 1. The summed E-state index contributed by atoms with van der Waals surface area (Å²) in [5.74, 6) is 1.18. The van der Waals surface area contributed by atoms with Gasteiger partial charge in [-0.05, 0) is 49.1 Å². The number of rotatable bonds is 11. The van der Waals surface area contributed by atoms with E-state index in [-0.39, 0.29) is 5.92 Å². The molecule has 1 saturated carbocycles. The van der Waals surface area contributed by atoms with Crippen molar-refractivity contribution in [3.63, 3.8) is 0 Å². The molecule has 1 aromatic carbocycles. The van der Waals surface area contributed by atoms with Gasteiger partial charge in [-0.15, -0.1) is 11.3 Å². The predicted octanol–water partition coefficient (Wildman–Crippen LogP) is 7.06. The third-order valence-electron chi connectivity index (χ3n) is 6.20. The van der Waals surface area contributed by atoms with Gasteiger partial charge in [0.25, 0.3) is 0 Å². The van der Waals surface area contributed by atoms with Crippen LogP contribution >= 0.6 is 11.3 Å². The topological polar surface area (TPSA) is 37.3 Å². The number of aliphatic hydroxyl groups is 1. The number of hydrogen-bond acceptors (Lipinski definition) is 3. The van der Waals surface area contributed by atoms with Gasteiger partial charge in [0.05, 0.1) is 6.10 Å². The SMILES string of the molecule is CCCCCCCCC1CCC(=O)C1CCC(O)c1cc2ccccc2s1. The lowest BCUT2D eigenvalue weighted by atomic mass is 9.86. The van der Waals surface area contributed by atoms with Crippen molar-refractivity contribution in [3.05, 3.63) is 35.2 Å². The molecule has 0 radical (unpaired) electrons. The van der Waals surface area contributed by atoms with Crippen molar-refractivity contribution in [1.82, 2.24) is 0 Å². The highest BCUT2D eigenvalue weighted by Crippen LogP contribution is 2.38. The normalized spacial score (nSPS) is 21.2. The predicted molar refractivity (Wildman–Crippen MR) is 115 cm³/mol. The number of thiophene rings is 1. The summed E-state index contributed by atoms with van der Waals surface area (Å²) in [5.41, 5.74) is 0. The summed E-state index contributed by atoms with van der Waals surface area (Å²) in [5, 5.41) is 11.9. The lowest BCUT2D eigenvalue weighted by Crippen LogP contribution is -2.16. The van der Waals surface area contributed by atoms with Gasteiger partial charge in [0, 0.05) is 21.9 Å². The monoisotopic (exact) mass is 386 g/mol. The van der Waals surface area contributed by atoms with Gasteiger partial charge in [0.1, 0.15) is 5.78 Å². The zero-order chi connectivity index (χ0) is 19.1. The van der Waals surface area contributed by atoms with E-state index in [2.05, 4.69) is 25.1 Å². The van der Waals surface area contributed by atoms with E-state index in [0.717, 1.165) is 24.1 Å². The van der Waals surface area contributed by atoms with Gasteiger partial charge in [0.2, 0.25) is 0 Å². The molecule has 1 heterocycles. The van der Waals surface area contributed by atoms with E-state index in [1.807, 2.05) is 12.1 Å². The smallest absolute Gasteiger partial charge is 0.136 e. The molecule has 27 heavy (non-hydrogen) atoms. The zero-order valence-electron chi connectivity index (χ0n) is 16.7. The molecule has 148 valence electrons. The van der Waals surface area contributed by atoms with Gasteiger partial charge in [-0.1, -0.05) is 63.6 Å². The lowest BCUT2D eigenvalue weighted by Gasteiger charge is -2.19. The first-order valence-electron chi connectivity index (χ1n) is 10.9. The van der Waals surface area contributed by atoms with E-state index < -0.39 is 6.10 Å². The Hall–Kier alpha value is -1.19. The van der Waals surface area contributed by atoms with Crippen LogP contribution in [0, 0.1) is 11.8 Å². The molecule has 1 fully saturated rings. The van der Waals surface area contributed by atoms with E-state index >= 15 is 0 Å². The van der Waals surface area contributed by atoms with Crippen LogP contribution in [0.2, 0.25) is 0 Å². The highest BCUT2D eigenvalue weighted by molar-refractivity contribution is 7.19. The third-order valence-corrected chi connectivity index (χ3v) is 7.41. The molecule has 3 heteroatoms. The molecule has 1 aromatic heterocycles. The van der Waals surface area contributed by atoms with Crippen LogP contribution in [0.1, 0.15) is 88.5 Å². The van der Waals surface area contributed by atoms with Crippen molar-refractivity contribution in [2.24, 2.45) is 11.8 Å². The van der Waals surface area contributed by atoms with Crippen LogP contribution in [0.3, 0.4) is 0 Å². The number of carbonyl (C=O) groups is 1. The molecule has 0 saturated heterocycles. The minimum Gasteiger partial charge on any atom is -0.388 e. The van der Waals surface area contributed by atoms with Gasteiger partial charge in [-0.25, -0.2) is 0 Å². The fourth-order valence-electron chi connectivity index (χ4n) is 4.55. The highest BCUT2D eigenvalue weighted by Gasteiger charge is 2.34. The Morgan fingerprint density at radius 1 is 1.11 bits per heavy atom. The molecule has 0 bridgehead atoms. The number of hydrogen-bond donors (Lipinski definition) is 1. The van der Waals surface area contributed by atoms with Crippen LogP contribution < -0.4 is 0 Å². The molecule has 0 spiro atoms. The van der Waals surface area contributed by atoms with Crippen molar-refractivity contribution < 1.29 is 9.90 Å². The Labute approximate surface area is 168 Å². The van der Waals surface area contributed by atoms with E-state index in [4.69, 9.17) is 0 Å². The zero-order valence-corrected chi connectivity index (χ0v) is 17.5. The molecular formula is C24H34O2S. The first-order chi connectivity index (χ1) is 13.2. The maximum atomic E-state index is 12.4. The summed E-state index contributed by atoms with van der Waals surface area (Å²) in [6.45, 7) is 2.25. The Morgan fingerprint density at radius 2 is 1.89 bits per heavy atom. The second-order valence-corrected chi connectivity index (χ2v) is 9.32. The second kappa shape index (κ2) is 10.4. The van der Waals surface area contributed by atoms with Crippen molar-refractivity contribution in [1.29, 1.82) is 0 Å². The van der Waals surface area contributed by atoms with Crippen LogP contribution in [-0.4, -0.2) is 10.9 Å². The third kappa shape index (κ3) is 5.65. The van der Waals surface area contributed by atoms with E-state index in [1.165, 1.54) is 55.0 Å². The average molecular weight is 387 g/mol. The van der Waals surface area contributed by atoms with Crippen LogP contribution in [-0.2, 0) is 4.79 Å². The first kappa shape index (κ1) is 20.5. The summed E-state index contributed by atoms with van der Waals surface area (Å²) in [6.07, 6.45) is 12.0. The fourth-order valence-corrected chi connectivity index (χ4v) is 5.64. The van der Waals surface area contributed by atoms with Gasteiger partial charge in [-0.3, -0.25) is 4.79 Å². The molecule has 3 rings (SSSR count). The molecule has 0 aliphatic heterocycles. The molecule has 1 aliphatic carbocycles.